The van der Waals surface area contributed by atoms with Crippen LogP contribution in [-0.4, -0.2) is 47.8 Å². The van der Waals surface area contributed by atoms with Gasteiger partial charge in [-0.25, -0.2) is 0 Å². The molecule has 1 aromatic rings. The van der Waals surface area contributed by atoms with Gasteiger partial charge in [-0.1, -0.05) is 0 Å². The molecule has 1 aromatic carbocycles. The van der Waals surface area contributed by atoms with Crippen LogP contribution in [0.1, 0.15) is 31.1 Å². The van der Waals surface area contributed by atoms with Gasteiger partial charge in [0.05, 0.1) is 10.5 Å². The molecule has 0 spiro atoms. The van der Waals surface area contributed by atoms with Crippen molar-refractivity contribution in [2.75, 3.05) is 25.0 Å². The molecule has 0 saturated carbocycles. The number of likely N-dealkylation sites (N-methyl/N-ethyl adjacent to an activating group) is 1. The van der Waals surface area contributed by atoms with Gasteiger partial charge in [0.2, 0.25) is 0 Å². The van der Waals surface area contributed by atoms with E-state index in [2.05, 4.69) is 30.7 Å². The largest absolute Gasteiger partial charge is 0.368 e. The summed E-state index contributed by atoms with van der Waals surface area (Å²) < 4.78 is 0. The Morgan fingerprint density at radius 1 is 1.29 bits per heavy atom. The zero-order chi connectivity index (χ0) is 15.7. The van der Waals surface area contributed by atoms with E-state index in [-0.39, 0.29) is 17.0 Å². The summed E-state index contributed by atoms with van der Waals surface area (Å²) in [7, 11) is 2.09. The highest BCUT2D eigenvalue weighted by Crippen LogP contribution is 2.28. The predicted molar refractivity (Wildman–Crippen MR) is 82.0 cm³/mol. The number of ketones is 1. The van der Waals surface area contributed by atoms with Crippen molar-refractivity contribution in [2.24, 2.45) is 0 Å². The molecule has 0 N–H and O–H groups in total. The number of anilines is 1. The van der Waals surface area contributed by atoms with Crippen molar-refractivity contribution in [3.8, 4) is 0 Å². The second-order valence-electron chi connectivity index (χ2n) is 5.78. The summed E-state index contributed by atoms with van der Waals surface area (Å²) in [5.41, 5.74) is 0.858. The lowest BCUT2D eigenvalue weighted by Gasteiger charge is -2.43. The van der Waals surface area contributed by atoms with Crippen LogP contribution >= 0.6 is 0 Å². The molecular formula is C15H21N3O3. The minimum atomic E-state index is -0.483. The predicted octanol–water partition coefficient (Wildman–Crippen LogP) is 2.33. The van der Waals surface area contributed by atoms with Crippen LogP contribution in [0.2, 0.25) is 0 Å². The molecule has 0 radical (unpaired) electrons. The summed E-state index contributed by atoms with van der Waals surface area (Å²) in [6, 6.07) is 5.62. The van der Waals surface area contributed by atoms with E-state index in [0.717, 1.165) is 18.8 Å². The molecule has 0 aliphatic carbocycles. The maximum atomic E-state index is 11.5. The fourth-order valence-electron chi connectivity index (χ4n) is 2.78. The summed E-state index contributed by atoms with van der Waals surface area (Å²) in [5.74, 6) is -0.284. The summed E-state index contributed by atoms with van der Waals surface area (Å²) in [4.78, 5) is 26.6. The molecule has 0 amide bonds. The topological polar surface area (TPSA) is 66.7 Å². The smallest absolute Gasteiger partial charge is 0.282 e. The Bertz CT molecular complexity index is 561. The number of hydrogen-bond donors (Lipinski definition) is 0. The van der Waals surface area contributed by atoms with Gasteiger partial charge in [-0.3, -0.25) is 19.8 Å². The van der Waals surface area contributed by atoms with E-state index in [0.29, 0.717) is 12.1 Å². The number of nitro groups is 1. The van der Waals surface area contributed by atoms with Crippen LogP contribution in [0.5, 0.6) is 0 Å². The number of nitrogens with zero attached hydrogens (tertiary/aromatic N) is 3. The van der Waals surface area contributed by atoms with Crippen LogP contribution in [0.15, 0.2) is 18.2 Å². The van der Waals surface area contributed by atoms with Crippen molar-refractivity contribution in [1.82, 2.24) is 4.90 Å². The van der Waals surface area contributed by atoms with Gasteiger partial charge in [-0.15, -0.1) is 0 Å². The first kappa shape index (κ1) is 15.4. The second-order valence-corrected chi connectivity index (χ2v) is 5.78. The molecule has 114 valence electrons. The van der Waals surface area contributed by atoms with Gasteiger partial charge in [-0.05, 0) is 40.0 Å². The minimum absolute atomic E-state index is 0.112. The van der Waals surface area contributed by atoms with Crippen molar-refractivity contribution in [3.63, 3.8) is 0 Å². The number of benzene rings is 1. The van der Waals surface area contributed by atoms with E-state index >= 15 is 0 Å². The molecule has 21 heavy (non-hydrogen) atoms. The molecule has 2 atom stereocenters. The van der Waals surface area contributed by atoms with E-state index in [4.69, 9.17) is 0 Å². The SMILES string of the molecule is CC(=O)c1ccc(N2CC(C)N(C)C(C)C2)cc1[N+](=O)[O-]. The first-order valence-electron chi connectivity index (χ1n) is 7.07. The van der Waals surface area contributed by atoms with Crippen molar-refractivity contribution in [1.29, 1.82) is 0 Å². The van der Waals surface area contributed by atoms with Crippen molar-refractivity contribution in [2.45, 2.75) is 32.9 Å². The van der Waals surface area contributed by atoms with Crippen LogP contribution in [0.4, 0.5) is 11.4 Å². The zero-order valence-electron chi connectivity index (χ0n) is 12.9. The van der Waals surface area contributed by atoms with E-state index in [1.54, 1.807) is 12.1 Å². The number of carbonyl (C=O) groups excluding carboxylic acids is 1. The van der Waals surface area contributed by atoms with E-state index in [9.17, 15) is 14.9 Å². The van der Waals surface area contributed by atoms with Gasteiger partial charge in [0, 0.05) is 36.9 Å². The summed E-state index contributed by atoms with van der Waals surface area (Å²) in [6.07, 6.45) is 0. The van der Waals surface area contributed by atoms with Gasteiger partial charge in [-0.2, -0.15) is 0 Å². The third-order valence-electron chi connectivity index (χ3n) is 4.28. The summed E-state index contributed by atoms with van der Waals surface area (Å²) in [6.45, 7) is 7.26. The standard InChI is InChI=1S/C15H21N3O3/c1-10-8-17(9-11(2)16(10)4)13-5-6-14(12(3)19)15(7-13)18(20)21/h5-7,10-11H,8-9H2,1-4H3. The molecule has 2 unspecified atom stereocenters. The van der Waals surface area contributed by atoms with Gasteiger partial charge >= 0.3 is 0 Å². The van der Waals surface area contributed by atoms with Crippen LogP contribution in [0.25, 0.3) is 0 Å². The van der Waals surface area contributed by atoms with E-state index < -0.39 is 4.92 Å². The molecular weight excluding hydrogens is 270 g/mol. The highest BCUT2D eigenvalue weighted by atomic mass is 16.6. The Hall–Kier alpha value is -1.95. The maximum Gasteiger partial charge on any atom is 0.282 e. The first-order chi connectivity index (χ1) is 9.81. The Kier molecular flexibility index (Phi) is 4.27. The lowest BCUT2D eigenvalue weighted by atomic mass is 10.1. The third-order valence-corrected chi connectivity index (χ3v) is 4.28. The average molecular weight is 291 g/mol. The highest BCUT2D eigenvalue weighted by molar-refractivity contribution is 5.98. The molecule has 6 heteroatoms. The first-order valence-corrected chi connectivity index (χ1v) is 7.07. The van der Waals surface area contributed by atoms with Crippen LogP contribution in [0, 0.1) is 10.1 Å². The Morgan fingerprint density at radius 2 is 1.86 bits per heavy atom. The number of piperazine rings is 1. The molecule has 6 nitrogen and oxygen atoms in total. The van der Waals surface area contributed by atoms with Crippen molar-refractivity contribution < 1.29 is 9.72 Å². The Balaban J connectivity index is 2.35. The normalized spacial score (nSPS) is 23.1. The minimum Gasteiger partial charge on any atom is -0.368 e. The van der Waals surface area contributed by atoms with Crippen molar-refractivity contribution in [3.05, 3.63) is 33.9 Å². The molecule has 1 aliphatic heterocycles. The highest BCUT2D eigenvalue weighted by Gasteiger charge is 2.28. The third kappa shape index (κ3) is 3.05. The van der Waals surface area contributed by atoms with Crippen molar-refractivity contribution >= 4 is 17.2 Å². The molecule has 1 saturated heterocycles. The average Bonchev–Trinajstić information content (AvgIpc) is 2.43. The molecule has 0 bridgehead atoms. The second kappa shape index (κ2) is 5.81. The Labute approximate surface area is 124 Å². The fraction of sp³-hybridized carbons (Fsp3) is 0.533. The molecule has 1 fully saturated rings. The molecule has 1 aliphatic rings. The van der Waals surface area contributed by atoms with E-state index in [1.165, 1.54) is 13.0 Å². The quantitative estimate of drug-likeness (QED) is 0.486. The van der Waals surface area contributed by atoms with Gasteiger partial charge < -0.3 is 4.90 Å². The molecule has 0 aromatic heterocycles. The fourth-order valence-corrected chi connectivity index (χ4v) is 2.78. The molecule has 1 heterocycles. The number of hydrogen-bond acceptors (Lipinski definition) is 5. The lowest BCUT2D eigenvalue weighted by molar-refractivity contribution is -0.385. The van der Waals surface area contributed by atoms with Crippen LogP contribution < -0.4 is 4.90 Å². The van der Waals surface area contributed by atoms with Gasteiger partial charge in [0.1, 0.15) is 0 Å². The van der Waals surface area contributed by atoms with Gasteiger partial charge in [0.25, 0.3) is 5.69 Å². The number of rotatable bonds is 3. The number of nitro benzene ring substituents is 1. The molecule has 2 rings (SSSR count). The summed E-state index contributed by atoms with van der Waals surface area (Å²) in [5, 5.41) is 11.2. The monoisotopic (exact) mass is 291 g/mol. The van der Waals surface area contributed by atoms with Crippen LogP contribution in [-0.2, 0) is 0 Å². The number of carbonyl (C=O) groups is 1. The zero-order valence-corrected chi connectivity index (χ0v) is 12.9. The lowest BCUT2D eigenvalue weighted by Crippen LogP contribution is -2.55. The maximum absolute atomic E-state index is 11.5. The van der Waals surface area contributed by atoms with Crippen LogP contribution in [0.3, 0.4) is 0 Å². The summed E-state index contributed by atoms with van der Waals surface area (Å²) >= 11 is 0. The number of Topliss-reactive ketones (excluding diaryl/α,β-unsaturated/α-hetero) is 1. The van der Waals surface area contributed by atoms with Gasteiger partial charge in [0.15, 0.2) is 5.78 Å². The Morgan fingerprint density at radius 3 is 2.33 bits per heavy atom. The van der Waals surface area contributed by atoms with E-state index in [1.807, 2.05) is 0 Å².